The smallest absolute Gasteiger partial charge is 0.0725 e. The van der Waals surface area contributed by atoms with Gasteiger partial charge in [-0.3, -0.25) is 0 Å². The van der Waals surface area contributed by atoms with Crippen LogP contribution < -0.4 is 4.90 Å². The lowest BCUT2D eigenvalue weighted by molar-refractivity contribution is 0.794. The van der Waals surface area contributed by atoms with Crippen molar-refractivity contribution in [2.45, 2.75) is 5.41 Å². The van der Waals surface area contributed by atoms with Crippen LogP contribution in [-0.2, 0) is 5.41 Å². The summed E-state index contributed by atoms with van der Waals surface area (Å²) in [6.45, 7) is 0. The number of rotatable bonds is 8. The van der Waals surface area contributed by atoms with Crippen molar-refractivity contribution in [2.24, 2.45) is 0 Å². The average Bonchev–Trinajstić information content (AvgIpc) is 1.82. The molecule has 13 aromatic carbocycles. The zero-order chi connectivity index (χ0) is 53.9. The van der Waals surface area contributed by atoms with Gasteiger partial charge in [-0.15, -0.1) is 0 Å². The maximum atomic E-state index is 2.50. The fourth-order valence-electron chi connectivity index (χ4n) is 14.2. The molecule has 2 aliphatic carbocycles. The van der Waals surface area contributed by atoms with Crippen molar-refractivity contribution in [3.05, 3.63) is 332 Å². The van der Waals surface area contributed by atoms with E-state index in [1.54, 1.807) is 0 Å². The van der Waals surface area contributed by atoms with Crippen LogP contribution in [-0.4, -0.2) is 9.13 Å². The summed E-state index contributed by atoms with van der Waals surface area (Å²) in [6, 6.07) is 115. The fraction of sp³-hybridized carbons (Fsp3) is 0.0127. The Morgan fingerprint density at radius 3 is 1.32 bits per heavy atom. The lowest BCUT2D eigenvalue weighted by atomic mass is 9.70. The molecule has 0 aliphatic heterocycles. The summed E-state index contributed by atoms with van der Waals surface area (Å²) in [6.07, 6.45) is 0. The first-order valence-corrected chi connectivity index (χ1v) is 28.4. The van der Waals surface area contributed by atoms with Crippen LogP contribution in [0.5, 0.6) is 0 Å². The topological polar surface area (TPSA) is 13.1 Å². The summed E-state index contributed by atoms with van der Waals surface area (Å²) >= 11 is 0. The van der Waals surface area contributed by atoms with Crippen molar-refractivity contribution >= 4 is 60.7 Å². The molecule has 0 fully saturated rings. The molecular weight excluding hydrogens is 991 g/mol. The number of fused-ring (bicyclic) bond motifs is 16. The van der Waals surface area contributed by atoms with Gasteiger partial charge in [0.2, 0.25) is 0 Å². The van der Waals surface area contributed by atoms with Crippen molar-refractivity contribution in [1.82, 2.24) is 9.13 Å². The predicted molar refractivity (Wildman–Crippen MR) is 342 cm³/mol. The molecule has 0 bridgehead atoms. The molecule has 0 saturated carbocycles. The van der Waals surface area contributed by atoms with E-state index in [0.717, 1.165) is 50.5 Å². The highest BCUT2D eigenvalue weighted by Gasteiger charge is 2.52. The molecule has 2 heterocycles. The molecule has 382 valence electrons. The summed E-state index contributed by atoms with van der Waals surface area (Å²) in [5.74, 6) is 0. The molecule has 2 aliphatic rings. The minimum Gasteiger partial charge on any atom is -0.310 e. The van der Waals surface area contributed by atoms with Crippen molar-refractivity contribution in [1.29, 1.82) is 0 Å². The van der Waals surface area contributed by atoms with Crippen molar-refractivity contribution < 1.29 is 0 Å². The summed E-state index contributed by atoms with van der Waals surface area (Å²) in [5, 5.41) is 4.83. The minimum atomic E-state index is -0.424. The minimum absolute atomic E-state index is 0.424. The molecule has 1 spiro atoms. The molecule has 0 saturated heterocycles. The van der Waals surface area contributed by atoms with Gasteiger partial charge in [-0.05, 0) is 151 Å². The number of aromatic nitrogens is 2. The Bertz CT molecular complexity index is 4970. The lowest BCUT2D eigenvalue weighted by Gasteiger charge is -2.30. The van der Waals surface area contributed by atoms with Gasteiger partial charge < -0.3 is 14.0 Å². The van der Waals surface area contributed by atoms with Gasteiger partial charge in [0.25, 0.3) is 0 Å². The highest BCUT2D eigenvalue weighted by molar-refractivity contribution is 6.14. The first-order valence-electron chi connectivity index (χ1n) is 28.4. The lowest BCUT2D eigenvalue weighted by Crippen LogP contribution is -2.25. The van der Waals surface area contributed by atoms with Crippen molar-refractivity contribution in [3.8, 4) is 67.0 Å². The Labute approximate surface area is 476 Å². The number of para-hydroxylation sites is 2. The number of anilines is 3. The third-order valence-electron chi connectivity index (χ3n) is 17.7. The number of nitrogens with zero attached hydrogens (tertiary/aromatic N) is 3. The Hall–Kier alpha value is -10.7. The average molecular weight is 1040 g/mol. The highest BCUT2D eigenvalue weighted by atomic mass is 15.1. The van der Waals surface area contributed by atoms with Crippen molar-refractivity contribution in [3.63, 3.8) is 0 Å². The van der Waals surface area contributed by atoms with E-state index in [-0.39, 0.29) is 0 Å². The number of hydrogen-bond acceptors (Lipinski definition) is 1. The van der Waals surface area contributed by atoms with E-state index < -0.39 is 5.41 Å². The van der Waals surface area contributed by atoms with E-state index in [0.29, 0.717) is 0 Å². The molecule has 82 heavy (non-hydrogen) atoms. The molecule has 3 heteroatoms. The Morgan fingerprint density at radius 2 is 0.646 bits per heavy atom. The highest BCUT2D eigenvalue weighted by Crippen LogP contribution is 2.64. The van der Waals surface area contributed by atoms with Crippen LogP contribution in [0.25, 0.3) is 111 Å². The molecule has 15 aromatic rings. The van der Waals surface area contributed by atoms with Gasteiger partial charge in [0, 0.05) is 50.0 Å². The largest absolute Gasteiger partial charge is 0.310 e. The Kier molecular flexibility index (Phi) is 10.2. The third-order valence-corrected chi connectivity index (χ3v) is 17.7. The SMILES string of the molecule is c1ccc(-c2ccc(N(c3ccccc3)c3ccc4c5ccccc5n(-c5ccc6c7ccc(-c8cccc9c8-c8ccccc8C98c9ccccc9-c9ccccc98)cc7n(-c7ccc(-c8ccccc8)cc7)c6c5)c4c3)cc2)cc1. The zero-order valence-electron chi connectivity index (χ0n) is 44.8. The standard InChI is InChI=1S/C79H51N3/c1-4-19-52(20-5-1)54-35-40-58(41-36-54)80(57-23-8-3-9-24-57)60-44-47-67-65-27-13-17-34-74(65)82(77(67)50-60)61-45-48-68-66-46-39-56(49-75(66)81(76(68)51-61)59-42-37-55(38-43-59)53-21-6-2-7-22-53)62-29-18-33-73-78(62)69-28-12-16-32-72(69)79(73)70-30-14-10-25-63(70)64-26-11-15-31-71(64)79/h1-51H. The molecular formula is C79H51N3. The van der Waals surface area contributed by atoms with E-state index in [9.17, 15) is 0 Å². The summed E-state index contributed by atoms with van der Waals surface area (Å²) in [7, 11) is 0. The maximum absolute atomic E-state index is 2.50. The monoisotopic (exact) mass is 1040 g/mol. The molecule has 0 amide bonds. The first-order chi connectivity index (χ1) is 40.7. The third kappa shape index (κ3) is 6.77. The second-order valence-corrected chi connectivity index (χ2v) is 21.9. The van der Waals surface area contributed by atoms with E-state index in [1.165, 1.54) is 99.4 Å². The van der Waals surface area contributed by atoms with E-state index in [4.69, 9.17) is 0 Å². The van der Waals surface area contributed by atoms with Crippen molar-refractivity contribution in [2.75, 3.05) is 4.90 Å². The van der Waals surface area contributed by atoms with Gasteiger partial charge in [-0.25, -0.2) is 0 Å². The molecule has 0 atom stereocenters. The van der Waals surface area contributed by atoms with Gasteiger partial charge in [0.05, 0.1) is 27.5 Å². The quantitative estimate of drug-likeness (QED) is 0.148. The van der Waals surface area contributed by atoms with Gasteiger partial charge in [-0.2, -0.15) is 0 Å². The van der Waals surface area contributed by atoms with Gasteiger partial charge in [0.1, 0.15) is 0 Å². The molecule has 0 unspecified atom stereocenters. The van der Waals surface area contributed by atoms with Crippen LogP contribution in [0, 0.1) is 0 Å². The predicted octanol–water partition coefficient (Wildman–Crippen LogP) is 20.7. The second kappa shape index (κ2) is 18.2. The molecule has 3 nitrogen and oxygen atoms in total. The summed E-state index contributed by atoms with van der Waals surface area (Å²) in [5.41, 5.74) is 27.5. The van der Waals surface area contributed by atoms with E-state index in [2.05, 4.69) is 323 Å². The van der Waals surface area contributed by atoms with Gasteiger partial charge in [0.15, 0.2) is 0 Å². The fourth-order valence-corrected chi connectivity index (χ4v) is 14.2. The molecule has 17 rings (SSSR count). The second-order valence-electron chi connectivity index (χ2n) is 21.9. The molecule has 0 N–H and O–H groups in total. The van der Waals surface area contributed by atoms with Gasteiger partial charge >= 0.3 is 0 Å². The molecule has 2 aromatic heterocycles. The van der Waals surface area contributed by atoms with Crippen LogP contribution in [0.1, 0.15) is 22.3 Å². The van der Waals surface area contributed by atoms with Gasteiger partial charge in [-0.1, -0.05) is 237 Å². The number of benzene rings is 13. The van der Waals surface area contributed by atoms with Crippen LogP contribution in [0.3, 0.4) is 0 Å². The first kappa shape index (κ1) is 46.2. The summed E-state index contributed by atoms with van der Waals surface area (Å²) < 4.78 is 4.98. The van der Waals surface area contributed by atoms with Crippen LogP contribution in [0.2, 0.25) is 0 Å². The maximum Gasteiger partial charge on any atom is 0.0725 e. The normalized spacial score (nSPS) is 12.7. The zero-order valence-corrected chi connectivity index (χ0v) is 44.8. The van der Waals surface area contributed by atoms with Crippen LogP contribution >= 0.6 is 0 Å². The Balaban J connectivity index is 0.869. The molecule has 0 radical (unpaired) electrons. The summed E-state index contributed by atoms with van der Waals surface area (Å²) in [4.78, 5) is 2.38. The van der Waals surface area contributed by atoms with Crippen LogP contribution in [0.15, 0.2) is 309 Å². The van der Waals surface area contributed by atoms with Crippen LogP contribution in [0.4, 0.5) is 17.1 Å². The number of hydrogen-bond donors (Lipinski definition) is 0. The van der Waals surface area contributed by atoms with E-state index >= 15 is 0 Å². The Morgan fingerprint density at radius 1 is 0.232 bits per heavy atom. The van der Waals surface area contributed by atoms with E-state index in [1.807, 2.05) is 0 Å².